The van der Waals surface area contributed by atoms with Crippen LogP contribution in [0.15, 0.2) is 18.2 Å². The predicted octanol–water partition coefficient (Wildman–Crippen LogP) is 1.38. The summed E-state index contributed by atoms with van der Waals surface area (Å²) < 4.78 is 5.60. The average Bonchev–Trinajstić information content (AvgIpc) is 2.62. The Morgan fingerprint density at radius 2 is 2.38 bits per heavy atom. The van der Waals surface area contributed by atoms with Gasteiger partial charge in [0.15, 0.2) is 0 Å². The van der Waals surface area contributed by atoms with Gasteiger partial charge in [0.1, 0.15) is 5.75 Å². The van der Waals surface area contributed by atoms with E-state index in [2.05, 4.69) is 23.5 Å². The summed E-state index contributed by atoms with van der Waals surface area (Å²) in [5.74, 6) is 1.14. The SMILES string of the molecule is CNCCc1cccc2c1OCC2. The van der Waals surface area contributed by atoms with Gasteiger partial charge in [-0.2, -0.15) is 0 Å². The van der Waals surface area contributed by atoms with Crippen LogP contribution < -0.4 is 10.1 Å². The second-order valence-corrected chi connectivity index (χ2v) is 3.36. The lowest BCUT2D eigenvalue weighted by Gasteiger charge is -2.06. The van der Waals surface area contributed by atoms with E-state index in [1.54, 1.807) is 0 Å². The van der Waals surface area contributed by atoms with Crippen LogP contribution in [0, 0.1) is 0 Å². The maximum absolute atomic E-state index is 5.60. The molecule has 1 heterocycles. The highest BCUT2D eigenvalue weighted by Crippen LogP contribution is 2.29. The van der Waals surface area contributed by atoms with Gasteiger partial charge in [0.2, 0.25) is 0 Å². The first kappa shape index (κ1) is 8.57. The van der Waals surface area contributed by atoms with Crippen molar-refractivity contribution in [2.45, 2.75) is 12.8 Å². The van der Waals surface area contributed by atoms with E-state index in [0.717, 1.165) is 31.7 Å². The van der Waals surface area contributed by atoms with Gasteiger partial charge in [-0.1, -0.05) is 18.2 Å². The molecule has 0 fully saturated rings. The minimum Gasteiger partial charge on any atom is -0.493 e. The molecule has 1 aromatic rings. The van der Waals surface area contributed by atoms with E-state index in [1.807, 2.05) is 7.05 Å². The molecule has 0 bridgehead atoms. The first-order valence-electron chi connectivity index (χ1n) is 4.80. The van der Waals surface area contributed by atoms with E-state index in [1.165, 1.54) is 11.1 Å². The Morgan fingerprint density at radius 1 is 1.46 bits per heavy atom. The van der Waals surface area contributed by atoms with Gasteiger partial charge in [0.05, 0.1) is 6.61 Å². The van der Waals surface area contributed by atoms with E-state index in [9.17, 15) is 0 Å². The maximum Gasteiger partial charge on any atom is 0.125 e. The van der Waals surface area contributed by atoms with Crippen molar-refractivity contribution in [3.63, 3.8) is 0 Å². The molecular weight excluding hydrogens is 162 g/mol. The molecule has 0 radical (unpaired) electrons. The highest BCUT2D eigenvalue weighted by atomic mass is 16.5. The van der Waals surface area contributed by atoms with Crippen LogP contribution in [0.4, 0.5) is 0 Å². The number of benzene rings is 1. The zero-order chi connectivity index (χ0) is 9.10. The van der Waals surface area contributed by atoms with Gasteiger partial charge in [-0.15, -0.1) is 0 Å². The molecule has 70 valence electrons. The molecule has 0 saturated carbocycles. The van der Waals surface area contributed by atoms with E-state index in [4.69, 9.17) is 4.74 Å². The van der Waals surface area contributed by atoms with Crippen molar-refractivity contribution < 1.29 is 4.74 Å². The molecular formula is C11H15NO. The number of nitrogens with one attached hydrogen (secondary N) is 1. The van der Waals surface area contributed by atoms with Crippen LogP contribution in [-0.2, 0) is 12.8 Å². The summed E-state index contributed by atoms with van der Waals surface area (Å²) in [7, 11) is 1.98. The van der Waals surface area contributed by atoms with E-state index in [0.29, 0.717) is 0 Å². The zero-order valence-electron chi connectivity index (χ0n) is 7.97. The third-order valence-electron chi connectivity index (χ3n) is 2.44. The van der Waals surface area contributed by atoms with Crippen molar-refractivity contribution in [1.29, 1.82) is 0 Å². The number of rotatable bonds is 3. The van der Waals surface area contributed by atoms with Crippen LogP contribution in [0.3, 0.4) is 0 Å². The molecule has 2 rings (SSSR count). The first-order valence-corrected chi connectivity index (χ1v) is 4.80. The zero-order valence-corrected chi connectivity index (χ0v) is 7.97. The summed E-state index contributed by atoms with van der Waals surface area (Å²) in [6.07, 6.45) is 2.13. The van der Waals surface area contributed by atoms with Gasteiger partial charge in [0, 0.05) is 6.42 Å². The molecule has 0 spiro atoms. The summed E-state index contributed by atoms with van der Waals surface area (Å²) >= 11 is 0. The fourth-order valence-electron chi connectivity index (χ4n) is 1.74. The molecule has 0 saturated heterocycles. The lowest BCUT2D eigenvalue weighted by atomic mass is 10.1. The quantitative estimate of drug-likeness (QED) is 0.753. The highest BCUT2D eigenvalue weighted by Gasteiger charge is 2.14. The largest absolute Gasteiger partial charge is 0.493 e. The Labute approximate surface area is 78.9 Å². The van der Waals surface area contributed by atoms with E-state index in [-0.39, 0.29) is 0 Å². The van der Waals surface area contributed by atoms with Crippen molar-refractivity contribution in [1.82, 2.24) is 5.32 Å². The third kappa shape index (κ3) is 1.68. The number of ether oxygens (including phenoxy) is 1. The van der Waals surface area contributed by atoms with Crippen molar-refractivity contribution in [3.8, 4) is 5.75 Å². The lowest BCUT2D eigenvalue weighted by Crippen LogP contribution is -2.10. The van der Waals surface area contributed by atoms with Crippen LogP contribution in [0.1, 0.15) is 11.1 Å². The summed E-state index contributed by atoms with van der Waals surface area (Å²) in [5, 5.41) is 3.15. The molecule has 13 heavy (non-hydrogen) atoms. The number of para-hydroxylation sites is 1. The molecule has 1 aliphatic rings. The Bertz CT molecular complexity index is 296. The van der Waals surface area contributed by atoms with Gasteiger partial charge in [-0.25, -0.2) is 0 Å². The molecule has 0 atom stereocenters. The van der Waals surface area contributed by atoms with Gasteiger partial charge in [-0.05, 0) is 31.1 Å². The third-order valence-corrected chi connectivity index (χ3v) is 2.44. The Balaban J connectivity index is 2.20. The van der Waals surface area contributed by atoms with E-state index < -0.39 is 0 Å². The van der Waals surface area contributed by atoms with Gasteiger partial charge < -0.3 is 10.1 Å². The Morgan fingerprint density at radius 3 is 3.23 bits per heavy atom. The van der Waals surface area contributed by atoms with Gasteiger partial charge >= 0.3 is 0 Å². The lowest BCUT2D eigenvalue weighted by molar-refractivity contribution is 0.353. The van der Waals surface area contributed by atoms with Crippen molar-refractivity contribution in [2.75, 3.05) is 20.2 Å². The Hall–Kier alpha value is -1.02. The molecule has 2 heteroatoms. The normalized spacial score (nSPS) is 13.9. The summed E-state index contributed by atoms with van der Waals surface area (Å²) in [5.41, 5.74) is 2.71. The first-order chi connectivity index (χ1) is 6.42. The smallest absolute Gasteiger partial charge is 0.125 e. The van der Waals surface area contributed by atoms with Crippen molar-refractivity contribution in [3.05, 3.63) is 29.3 Å². The molecule has 0 amide bonds. The molecule has 0 unspecified atom stereocenters. The fourth-order valence-corrected chi connectivity index (χ4v) is 1.74. The summed E-state index contributed by atoms with van der Waals surface area (Å²) in [6, 6.07) is 6.44. The Kier molecular flexibility index (Phi) is 2.50. The maximum atomic E-state index is 5.60. The number of hydrogen-bond donors (Lipinski definition) is 1. The fraction of sp³-hybridized carbons (Fsp3) is 0.455. The van der Waals surface area contributed by atoms with Crippen molar-refractivity contribution >= 4 is 0 Å². The monoisotopic (exact) mass is 177 g/mol. The van der Waals surface area contributed by atoms with Crippen LogP contribution in [0.2, 0.25) is 0 Å². The summed E-state index contributed by atoms with van der Waals surface area (Å²) in [6.45, 7) is 1.87. The van der Waals surface area contributed by atoms with Gasteiger partial charge in [0.25, 0.3) is 0 Å². The molecule has 1 aliphatic heterocycles. The molecule has 0 aromatic heterocycles. The predicted molar refractivity (Wildman–Crippen MR) is 53.3 cm³/mol. The molecule has 2 nitrogen and oxygen atoms in total. The second kappa shape index (κ2) is 3.79. The molecule has 1 aromatic carbocycles. The van der Waals surface area contributed by atoms with Crippen molar-refractivity contribution in [2.24, 2.45) is 0 Å². The molecule has 0 aliphatic carbocycles. The van der Waals surface area contributed by atoms with Crippen LogP contribution in [-0.4, -0.2) is 20.2 Å². The standard InChI is InChI=1S/C11H15NO/c1-12-7-5-9-3-2-4-10-6-8-13-11(9)10/h2-4,12H,5-8H2,1H3. The highest BCUT2D eigenvalue weighted by molar-refractivity contribution is 5.44. The van der Waals surface area contributed by atoms with Crippen LogP contribution >= 0.6 is 0 Å². The van der Waals surface area contributed by atoms with Gasteiger partial charge in [-0.3, -0.25) is 0 Å². The minimum absolute atomic E-state index is 0.853. The topological polar surface area (TPSA) is 21.3 Å². The average molecular weight is 177 g/mol. The van der Waals surface area contributed by atoms with Crippen LogP contribution in [0.25, 0.3) is 0 Å². The second-order valence-electron chi connectivity index (χ2n) is 3.36. The number of fused-ring (bicyclic) bond motifs is 1. The minimum atomic E-state index is 0.853. The van der Waals surface area contributed by atoms with Crippen LogP contribution in [0.5, 0.6) is 5.75 Å². The number of likely N-dealkylation sites (N-methyl/N-ethyl adjacent to an activating group) is 1. The molecule has 1 N–H and O–H groups in total. The van der Waals surface area contributed by atoms with E-state index >= 15 is 0 Å². The summed E-state index contributed by atoms with van der Waals surface area (Å²) in [4.78, 5) is 0. The number of hydrogen-bond acceptors (Lipinski definition) is 2.